The summed E-state index contributed by atoms with van der Waals surface area (Å²) in [5, 5.41) is 0. The molecule has 1 saturated carbocycles. The number of amides is 1. The van der Waals surface area contributed by atoms with Crippen LogP contribution in [0.3, 0.4) is 0 Å². The monoisotopic (exact) mass is 459 g/mol. The number of imidazole rings is 1. The highest BCUT2D eigenvalue weighted by Gasteiger charge is 2.37. The summed E-state index contributed by atoms with van der Waals surface area (Å²) in [6.45, 7) is 8.60. The Labute approximate surface area is 203 Å². The molecule has 180 valence electrons. The van der Waals surface area contributed by atoms with Crippen LogP contribution in [0.5, 0.6) is 5.75 Å². The van der Waals surface area contributed by atoms with Gasteiger partial charge in [-0.2, -0.15) is 0 Å². The highest BCUT2D eigenvalue weighted by atomic mass is 16.5. The quantitative estimate of drug-likeness (QED) is 0.423. The van der Waals surface area contributed by atoms with Crippen molar-refractivity contribution in [1.82, 2.24) is 14.5 Å². The fraction of sp³-hybridized carbons (Fsp3) is 0.517. The summed E-state index contributed by atoms with van der Waals surface area (Å²) in [6, 6.07) is 15.2. The van der Waals surface area contributed by atoms with E-state index < -0.39 is 0 Å². The van der Waals surface area contributed by atoms with Crippen LogP contribution in [-0.4, -0.2) is 39.6 Å². The molecule has 2 heterocycles. The number of para-hydroxylation sites is 2. The zero-order chi connectivity index (χ0) is 23.7. The van der Waals surface area contributed by atoms with Gasteiger partial charge in [0.15, 0.2) is 0 Å². The molecule has 0 bridgehead atoms. The lowest BCUT2D eigenvalue weighted by Gasteiger charge is -2.31. The Morgan fingerprint density at radius 2 is 1.88 bits per heavy atom. The van der Waals surface area contributed by atoms with E-state index in [1.807, 2.05) is 6.07 Å². The van der Waals surface area contributed by atoms with Crippen LogP contribution in [0.1, 0.15) is 81.2 Å². The Morgan fingerprint density at radius 1 is 1.09 bits per heavy atom. The van der Waals surface area contributed by atoms with Crippen molar-refractivity contribution in [3.63, 3.8) is 0 Å². The van der Waals surface area contributed by atoms with Gasteiger partial charge in [-0.25, -0.2) is 4.98 Å². The maximum Gasteiger partial charge on any atom is 0.223 e. The van der Waals surface area contributed by atoms with E-state index in [0.29, 0.717) is 30.9 Å². The molecule has 2 aromatic carbocycles. The SMILES string of the molecule is Cc1ccc(C(C)C)c(OCCn2c(C3CC(=O)N(C4CCCCC4)C3)nc3ccccc32)c1. The summed E-state index contributed by atoms with van der Waals surface area (Å²) in [4.78, 5) is 20.2. The van der Waals surface area contributed by atoms with Gasteiger partial charge in [0, 0.05) is 24.9 Å². The number of carbonyl (C=O) groups excluding carboxylic acids is 1. The number of benzene rings is 2. The van der Waals surface area contributed by atoms with E-state index in [4.69, 9.17) is 9.72 Å². The number of aryl methyl sites for hydroxylation is 1. The average Bonchev–Trinajstić information content (AvgIpc) is 3.40. The first-order valence-electron chi connectivity index (χ1n) is 13.0. The zero-order valence-corrected chi connectivity index (χ0v) is 20.8. The third-order valence-electron chi connectivity index (χ3n) is 7.59. The Bertz CT molecular complexity index is 1160. The van der Waals surface area contributed by atoms with E-state index in [1.54, 1.807) is 0 Å². The summed E-state index contributed by atoms with van der Waals surface area (Å²) in [7, 11) is 0. The molecule has 2 aliphatic rings. The number of hydrogen-bond donors (Lipinski definition) is 0. The number of hydrogen-bond acceptors (Lipinski definition) is 3. The molecular formula is C29H37N3O2. The standard InChI is InChI=1S/C29H37N3O2/c1-20(2)24-14-13-21(3)17-27(24)34-16-15-31-26-12-8-7-11-25(26)30-29(31)22-18-28(33)32(19-22)23-9-5-4-6-10-23/h7-8,11-14,17,20,22-23H,4-6,9-10,15-16,18-19H2,1-3H3. The van der Waals surface area contributed by atoms with Gasteiger partial charge in [-0.1, -0.05) is 57.4 Å². The molecule has 0 radical (unpaired) electrons. The first-order chi connectivity index (χ1) is 16.5. The van der Waals surface area contributed by atoms with Crippen molar-refractivity contribution < 1.29 is 9.53 Å². The van der Waals surface area contributed by atoms with Crippen LogP contribution in [0, 0.1) is 6.92 Å². The molecule has 1 unspecified atom stereocenters. The first-order valence-corrected chi connectivity index (χ1v) is 13.0. The van der Waals surface area contributed by atoms with E-state index in [1.165, 1.54) is 30.4 Å². The molecule has 1 aliphatic heterocycles. The Balaban J connectivity index is 1.37. The van der Waals surface area contributed by atoms with Crippen LogP contribution >= 0.6 is 0 Å². The fourth-order valence-electron chi connectivity index (χ4n) is 5.78. The molecule has 3 aromatic rings. The van der Waals surface area contributed by atoms with E-state index in [9.17, 15) is 4.79 Å². The molecule has 2 fully saturated rings. The molecule has 5 heteroatoms. The van der Waals surface area contributed by atoms with Gasteiger partial charge in [-0.15, -0.1) is 0 Å². The van der Waals surface area contributed by atoms with Crippen LogP contribution < -0.4 is 4.74 Å². The minimum absolute atomic E-state index is 0.145. The van der Waals surface area contributed by atoms with Crippen molar-refractivity contribution in [2.45, 2.75) is 83.7 Å². The van der Waals surface area contributed by atoms with Crippen molar-refractivity contribution in [3.05, 3.63) is 59.4 Å². The second-order valence-electron chi connectivity index (χ2n) is 10.4. The Hall–Kier alpha value is -2.82. The van der Waals surface area contributed by atoms with Crippen LogP contribution in [0.2, 0.25) is 0 Å². The van der Waals surface area contributed by atoms with Crippen LogP contribution in [0.25, 0.3) is 11.0 Å². The van der Waals surface area contributed by atoms with Gasteiger partial charge < -0.3 is 14.2 Å². The van der Waals surface area contributed by atoms with Crippen molar-refractivity contribution in [1.29, 1.82) is 0 Å². The largest absolute Gasteiger partial charge is 0.491 e. The molecular weight excluding hydrogens is 422 g/mol. The molecule has 1 aliphatic carbocycles. The number of rotatable bonds is 7. The van der Waals surface area contributed by atoms with E-state index in [2.05, 4.69) is 66.6 Å². The van der Waals surface area contributed by atoms with Crippen LogP contribution in [-0.2, 0) is 11.3 Å². The van der Waals surface area contributed by atoms with Crippen molar-refractivity contribution >= 4 is 16.9 Å². The van der Waals surface area contributed by atoms with E-state index >= 15 is 0 Å². The minimum Gasteiger partial charge on any atom is -0.491 e. The number of fused-ring (bicyclic) bond motifs is 1. The molecule has 0 N–H and O–H groups in total. The highest BCUT2D eigenvalue weighted by molar-refractivity contribution is 5.81. The molecule has 1 aromatic heterocycles. The lowest BCUT2D eigenvalue weighted by atomic mass is 9.94. The fourth-order valence-corrected chi connectivity index (χ4v) is 5.78. The van der Waals surface area contributed by atoms with Gasteiger partial charge in [0.1, 0.15) is 18.2 Å². The van der Waals surface area contributed by atoms with Gasteiger partial charge in [0.05, 0.1) is 17.6 Å². The van der Waals surface area contributed by atoms with Gasteiger partial charge in [0.2, 0.25) is 5.91 Å². The predicted molar refractivity (Wildman–Crippen MR) is 136 cm³/mol. The normalized spacial score (nSPS) is 19.5. The maximum absolute atomic E-state index is 13.0. The summed E-state index contributed by atoms with van der Waals surface area (Å²) in [5.74, 6) is 2.86. The second kappa shape index (κ2) is 9.81. The predicted octanol–water partition coefficient (Wildman–Crippen LogP) is 6.20. The van der Waals surface area contributed by atoms with Crippen molar-refractivity contribution in [3.8, 4) is 5.75 Å². The Kier molecular flexibility index (Phi) is 6.62. The lowest BCUT2D eigenvalue weighted by molar-refractivity contribution is -0.130. The van der Waals surface area contributed by atoms with Crippen LogP contribution in [0.4, 0.5) is 0 Å². The zero-order valence-electron chi connectivity index (χ0n) is 20.8. The topological polar surface area (TPSA) is 47.4 Å². The minimum atomic E-state index is 0.145. The number of ether oxygens (including phenoxy) is 1. The smallest absolute Gasteiger partial charge is 0.223 e. The summed E-state index contributed by atoms with van der Waals surface area (Å²) in [5.41, 5.74) is 4.57. The van der Waals surface area contributed by atoms with Gasteiger partial charge in [-0.3, -0.25) is 4.79 Å². The highest BCUT2D eigenvalue weighted by Crippen LogP contribution is 2.35. The molecule has 5 nitrogen and oxygen atoms in total. The lowest BCUT2D eigenvalue weighted by Crippen LogP contribution is -2.37. The summed E-state index contributed by atoms with van der Waals surface area (Å²) >= 11 is 0. The molecule has 1 amide bonds. The number of likely N-dealkylation sites (tertiary alicyclic amines) is 1. The van der Waals surface area contributed by atoms with E-state index in [-0.39, 0.29) is 5.92 Å². The number of aromatic nitrogens is 2. The summed E-state index contributed by atoms with van der Waals surface area (Å²) < 4.78 is 8.62. The third kappa shape index (κ3) is 4.57. The molecule has 1 atom stereocenters. The van der Waals surface area contributed by atoms with Crippen molar-refractivity contribution in [2.24, 2.45) is 0 Å². The van der Waals surface area contributed by atoms with Gasteiger partial charge in [0.25, 0.3) is 0 Å². The molecule has 0 spiro atoms. The summed E-state index contributed by atoms with van der Waals surface area (Å²) in [6.07, 6.45) is 6.65. The third-order valence-corrected chi connectivity index (χ3v) is 7.59. The first kappa shape index (κ1) is 22.9. The van der Waals surface area contributed by atoms with Crippen molar-refractivity contribution in [2.75, 3.05) is 13.2 Å². The maximum atomic E-state index is 13.0. The van der Waals surface area contributed by atoms with Crippen LogP contribution in [0.15, 0.2) is 42.5 Å². The second-order valence-corrected chi connectivity index (χ2v) is 10.4. The van der Waals surface area contributed by atoms with E-state index in [0.717, 1.165) is 48.5 Å². The molecule has 5 rings (SSSR count). The average molecular weight is 460 g/mol. The molecule has 34 heavy (non-hydrogen) atoms. The van der Waals surface area contributed by atoms with Gasteiger partial charge >= 0.3 is 0 Å². The number of nitrogens with zero attached hydrogens (tertiary/aromatic N) is 3. The number of carbonyl (C=O) groups is 1. The van der Waals surface area contributed by atoms with Gasteiger partial charge in [-0.05, 0) is 55.0 Å². The Morgan fingerprint density at radius 3 is 2.68 bits per heavy atom. The molecule has 1 saturated heterocycles.